The largest absolute Gasteiger partial charge is 0.497 e. The van der Waals surface area contributed by atoms with Gasteiger partial charge in [-0.05, 0) is 67.7 Å². The lowest BCUT2D eigenvalue weighted by atomic mass is 10.1. The highest BCUT2D eigenvalue weighted by Gasteiger charge is 2.08. The number of nitrogens with one attached hydrogen (secondary N) is 2. The van der Waals surface area contributed by atoms with Crippen molar-refractivity contribution in [2.45, 2.75) is 6.92 Å². The lowest BCUT2D eigenvalue weighted by molar-refractivity contribution is 0.0526. The van der Waals surface area contributed by atoms with E-state index >= 15 is 0 Å². The molecule has 0 unspecified atom stereocenters. The molecule has 0 aliphatic rings. The van der Waals surface area contributed by atoms with Crippen molar-refractivity contribution in [3.05, 3.63) is 72.0 Å². The zero-order valence-corrected chi connectivity index (χ0v) is 17.4. The number of hydrogen-bond donors (Lipinski definition) is 2. The molecule has 2 aromatic carbocycles. The van der Waals surface area contributed by atoms with Crippen molar-refractivity contribution in [3.8, 4) is 17.1 Å². The molecule has 3 rings (SSSR count). The molecule has 0 radical (unpaired) electrons. The van der Waals surface area contributed by atoms with E-state index in [2.05, 4.69) is 15.8 Å². The summed E-state index contributed by atoms with van der Waals surface area (Å²) in [7, 11) is 1.61. The Labute approximate surface area is 179 Å². The van der Waals surface area contributed by atoms with Crippen LogP contribution in [-0.2, 0) is 4.74 Å². The quantitative estimate of drug-likeness (QED) is 0.251. The van der Waals surface area contributed by atoms with Crippen molar-refractivity contribution in [1.29, 1.82) is 0 Å². The summed E-state index contributed by atoms with van der Waals surface area (Å²) in [6.45, 7) is 2.11. The molecule has 0 bridgehead atoms. The Kier molecular flexibility index (Phi) is 7.18. The molecule has 1 aromatic heterocycles. The van der Waals surface area contributed by atoms with Crippen molar-refractivity contribution < 1.29 is 18.7 Å². The summed E-state index contributed by atoms with van der Waals surface area (Å²) in [5.41, 5.74) is 4.89. The fraction of sp³-hybridized carbons (Fsp3) is 0.136. The van der Waals surface area contributed by atoms with Gasteiger partial charge in [-0.1, -0.05) is 12.1 Å². The van der Waals surface area contributed by atoms with Crippen molar-refractivity contribution in [2.75, 3.05) is 19.0 Å². The van der Waals surface area contributed by atoms with E-state index in [0.29, 0.717) is 28.8 Å². The second-order valence-corrected chi connectivity index (χ2v) is 6.46. The Bertz CT molecular complexity index is 1030. The van der Waals surface area contributed by atoms with Crippen LogP contribution in [0.5, 0.6) is 5.75 Å². The van der Waals surface area contributed by atoms with Gasteiger partial charge >= 0.3 is 5.97 Å². The predicted octanol–water partition coefficient (Wildman–Crippen LogP) is 4.45. The van der Waals surface area contributed by atoms with E-state index in [9.17, 15) is 4.79 Å². The van der Waals surface area contributed by atoms with E-state index in [1.54, 1.807) is 44.4 Å². The van der Waals surface area contributed by atoms with Gasteiger partial charge in [0.05, 0.1) is 25.5 Å². The first-order valence-electron chi connectivity index (χ1n) is 9.20. The number of benzene rings is 2. The van der Waals surface area contributed by atoms with Crippen LogP contribution in [0, 0.1) is 0 Å². The molecule has 0 atom stereocenters. The number of furan rings is 1. The summed E-state index contributed by atoms with van der Waals surface area (Å²) in [6.07, 6.45) is 1.53. The molecule has 0 spiro atoms. The smallest absolute Gasteiger partial charge is 0.338 e. The third kappa shape index (κ3) is 5.68. The fourth-order valence-corrected chi connectivity index (χ4v) is 2.72. The SMILES string of the molecule is CCOC(=O)c1ccc(-c2ccc(C=NNC(=S)Nc3ccc(OC)cc3)o2)cc1. The summed E-state index contributed by atoms with van der Waals surface area (Å²) >= 11 is 5.21. The van der Waals surface area contributed by atoms with Crippen LogP contribution in [0.25, 0.3) is 11.3 Å². The lowest BCUT2D eigenvalue weighted by Crippen LogP contribution is -2.23. The second kappa shape index (κ2) is 10.2. The van der Waals surface area contributed by atoms with Gasteiger partial charge in [0.2, 0.25) is 0 Å². The van der Waals surface area contributed by atoms with Crippen LogP contribution in [0.2, 0.25) is 0 Å². The zero-order valence-electron chi connectivity index (χ0n) is 16.5. The Morgan fingerprint density at radius 2 is 1.83 bits per heavy atom. The molecule has 0 fully saturated rings. The van der Waals surface area contributed by atoms with Crippen molar-refractivity contribution in [1.82, 2.24) is 5.43 Å². The molecule has 154 valence electrons. The van der Waals surface area contributed by atoms with Crippen molar-refractivity contribution in [3.63, 3.8) is 0 Å². The summed E-state index contributed by atoms with van der Waals surface area (Å²) in [5.74, 6) is 1.63. The van der Waals surface area contributed by atoms with Crippen molar-refractivity contribution >= 4 is 35.2 Å². The number of rotatable bonds is 7. The number of esters is 1. The molecule has 0 saturated heterocycles. The Hall–Kier alpha value is -3.65. The van der Waals surface area contributed by atoms with Crippen LogP contribution >= 0.6 is 12.2 Å². The van der Waals surface area contributed by atoms with Gasteiger partial charge < -0.3 is 19.2 Å². The summed E-state index contributed by atoms with van der Waals surface area (Å²) in [5, 5.41) is 7.44. The maximum absolute atomic E-state index is 11.7. The van der Waals surface area contributed by atoms with E-state index in [0.717, 1.165) is 17.0 Å². The van der Waals surface area contributed by atoms with Gasteiger partial charge in [-0.25, -0.2) is 4.79 Å². The molecule has 0 aliphatic heterocycles. The lowest BCUT2D eigenvalue weighted by Gasteiger charge is -2.07. The van der Waals surface area contributed by atoms with Gasteiger partial charge in [-0.15, -0.1) is 0 Å². The molecule has 8 heteroatoms. The van der Waals surface area contributed by atoms with Crippen LogP contribution in [0.3, 0.4) is 0 Å². The van der Waals surface area contributed by atoms with Crippen LogP contribution in [0.4, 0.5) is 5.69 Å². The van der Waals surface area contributed by atoms with Gasteiger partial charge in [0.1, 0.15) is 17.3 Å². The standard InChI is InChI=1S/C22H21N3O4S/c1-3-28-21(26)16-6-4-15(5-7-16)20-13-12-19(29-20)14-23-25-22(30)24-17-8-10-18(27-2)11-9-17/h4-14H,3H2,1-2H3,(H2,24,25,30). The number of ether oxygens (including phenoxy) is 2. The van der Waals surface area contributed by atoms with Crippen LogP contribution in [0.15, 0.2) is 70.2 Å². The molecule has 0 amide bonds. The second-order valence-electron chi connectivity index (χ2n) is 6.05. The molecule has 3 aromatic rings. The van der Waals surface area contributed by atoms with Crippen molar-refractivity contribution in [2.24, 2.45) is 5.10 Å². The minimum absolute atomic E-state index is 0.342. The Balaban J connectivity index is 1.54. The summed E-state index contributed by atoms with van der Waals surface area (Å²) in [6, 6.07) is 18.0. The number of methoxy groups -OCH3 is 1. The molecule has 1 heterocycles. The van der Waals surface area contributed by atoms with Crippen LogP contribution in [0.1, 0.15) is 23.0 Å². The minimum Gasteiger partial charge on any atom is -0.497 e. The van der Waals surface area contributed by atoms with Gasteiger partial charge in [0, 0.05) is 11.3 Å². The molecule has 7 nitrogen and oxygen atoms in total. The van der Waals surface area contributed by atoms with E-state index < -0.39 is 0 Å². The number of nitrogens with zero attached hydrogens (tertiary/aromatic N) is 1. The number of hydrogen-bond acceptors (Lipinski definition) is 6. The zero-order chi connectivity index (χ0) is 21.3. The van der Waals surface area contributed by atoms with E-state index in [-0.39, 0.29) is 5.97 Å². The highest BCUT2D eigenvalue weighted by molar-refractivity contribution is 7.80. The van der Waals surface area contributed by atoms with Crippen LogP contribution in [-0.4, -0.2) is 31.0 Å². The molecule has 0 saturated carbocycles. The summed E-state index contributed by atoms with van der Waals surface area (Å²) < 4.78 is 15.9. The fourth-order valence-electron chi connectivity index (χ4n) is 2.55. The number of hydrazone groups is 1. The number of anilines is 1. The Morgan fingerprint density at radius 3 is 2.50 bits per heavy atom. The van der Waals surface area contributed by atoms with E-state index in [1.807, 2.05) is 30.3 Å². The third-order valence-corrected chi connectivity index (χ3v) is 4.21. The highest BCUT2D eigenvalue weighted by Crippen LogP contribution is 2.22. The maximum Gasteiger partial charge on any atom is 0.338 e. The first-order valence-corrected chi connectivity index (χ1v) is 9.61. The number of carbonyl (C=O) groups is 1. The topological polar surface area (TPSA) is 85.1 Å². The molecule has 30 heavy (non-hydrogen) atoms. The van der Waals surface area contributed by atoms with E-state index in [1.165, 1.54) is 6.21 Å². The van der Waals surface area contributed by atoms with Gasteiger partial charge in [-0.2, -0.15) is 5.10 Å². The third-order valence-electron chi connectivity index (χ3n) is 4.01. The normalized spacial score (nSPS) is 10.6. The van der Waals surface area contributed by atoms with Crippen LogP contribution < -0.4 is 15.5 Å². The molecular formula is C22H21N3O4S. The maximum atomic E-state index is 11.7. The molecule has 2 N–H and O–H groups in total. The van der Waals surface area contributed by atoms with Gasteiger partial charge in [-0.3, -0.25) is 5.43 Å². The van der Waals surface area contributed by atoms with Gasteiger partial charge in [0.15, 0.2) is 5.11 Å². The monoisotopic (exact) mass is 423 g/mol. The highest BCUT2D eigenvalue weighted by atomic mass is 32.1. The molecule has 0 aliphatic carbocycles. The number of thiocarbonyl (C=S) groups is 1. The average molecular weight is 423 g/mol. The molecular weight excluding hydrogens is 402 g/mol. The minimum atomic E-state index is -0.346. The first kappa shape index (κ1) is 21.1. The predicted molar refractivity (Wildman–Crippen MR) is 120 cm³/mol. The first-order chi connectivity index (χ1) is 14.6. The average Bonchev–Trinajstić information content (AvgIpc) is 3.23. The number of carbonyl (C=O) groups excluding carboxylic acids is 1. The Morgan fingerprint density at radius 1 is 1.10 bits per heavy atom. The van der Waals surface area contributed by atoms with E-state index in [4.69, 9.17) is 26.1 Å². The summed E-state index contributed by atoms with van der Waals surface area (Å²) in [4.78, 5) is 11.7. The van der Waals surface area contributed by atoms with Gasteiger partial charge in [0.25, 0.3) is 0 Å².